The van der Waals surface area contributed by atoms with Crippen molar-refractivity contribution < 1.29 is 9.18 Å². The van der Waals surface area contributed by atoms with Crippen molar-refractivity contribution in [2.75, 3.05) is 24.5 Å². The Bertz CT molecular complexity index is 808. The summed E-state index contributed by atoms with van der Waals surface area (Å²) in [6.07, 6.45) is 5.79. The van der Waals surface area contributed by atoms with E-state index in [1.54, 1.807) is 12.1 Å². The summed E-state index contributed by atoms with van der Waals surface area (Å²) >= 11 is 0. The molecule has 144 valence electrons. The number of benzene rings is 1. The van der Waals surface area contributed by atoms with Crippen molar-refractivity contribution in [1.29, 1.82) is 0 Å². The highest BCUT2D eigenvalue weighted by molar-refractivity contribution is 5.98. The van der Waals surface area contributed by atoms with E-state index >= 15 is 0 Å². The van der Waals surface area contributed by atoms with Crippen molar-refractivity contribution in [3.8, 4) is 0 Å². The number of hydrogen-bond acceptors (Lipinski definition) is 3. The van der Waals surface area contributed by atoms with Gasteiger partial charge < -0.3 is 4.90 Å². The van der Waals surface area contributed by atoms with E-state index < -0.39 is 0 Å². The number of carbonyl (C=O) groups excluding carboxylic acids is 1. The highest BCUT2D eigenvalue weighted by atomic mass is 19.1. The normalized spacial score (nSPS) is 24.0. The van der Waals surface area contributed by atoms with Crippen LogP contribution in [0.15, 0.2) is 30.5 Å². The van der Waals surface area contributed by atoms with Crippen LogP contribution in [-0.2, 0) is 18.4 Å². The van der Waals surface area contributed by atoms with Crippen LogP contribution in [0.4, 0.5) is 10.1 Å². The Kier molecular flexibility index (Phi) is 4.76. The topological polar surface area (TPSA) is 41.4 Å². The summed E-state index contributed by atoms with van der Waals surface area (Å²) in [4.78, 5) is 17.7. The first-order valence-corrected chi connectivity index (χ1v) is 9.76. The standard InChI is InChI=1S/C21H27FN4O/c1-16-13-23-24(2)19(16)14-25-11-3-9-21(15-25)10-4-12-26(20(21)27)18-7-5-17(22)6-8-18/h5-8,13H,3-4,9-12,14-15H2,1-2H3. The molecule has 1 atom stereocenters. The van der Waals surface area contributed by atoms with E-state index in [-0.39, 0.29) is 17.1 Å². The molecule has 1 aromatic carbocycles. The fourth-order valence-corrected chi connectivity index (χ4v) is 4.69. The van der Waals surface area contributed by atoms with Crippen LogP contribution in [0.3, 0.4) is 0 Å². The van der Waals surface area contributed by atoms with Crippen molar-refractivity contribution in [3.63, 3.8) is 0 Å². The lowest BCUT2D eigenvalue weighted by molar-refractivity contribution is -0.134. The maximum Gasteiger partial charge on any atom is 0.234 e. The van der Waals surface area contributed by atoms with Crippen LogP contribution in [0.2, 0.25) is 0 Å². The molecular formula is C21H27FN4O. The first kappa shape index (κ1) is 18.2. The Hall–Kier alpha value is -2.21. The van der Waals surface area contributed by atoms with E-state index in [4.69, 9.17) is 0 Å². The minimum Gasteiger partial charge on any atom is -0.312 e. The maximum absolute atomic E-state index is 13.5. The van der Waals surface area contributed by atoms with Crippen LogP contribution in [-0.4, -0.2) is 40.2 Å². The lowest BCUT2D eigenvalue weighted by Crippen LogP contribution is -2.56. The zero-order valence-corrected chi connectivity index (χ0v) is 16.1. The van der Waals surface area contributed by atoms with Gasteiger partial charge in [0, 0.05) is 32.4 Å². The molecule has 2 aromatic rings. The zero-order valence-electron chi connectivity index (χ0n) is 16.1. The van der Waals surface area contributed by atoms with Crippen molar-refractivity contribution >= 4 is 11.6 Å². The molecule has 0 N–H and O–H groups in total. The van der Waals surface area contributed by atoms with Gasteiger partial charge in [-0.3, -0.25) is 14.4 Å². The smallest absolute Gasteiger partial charge is 0.234 e. The Morgan fingerprint density at radius 3 is 2.52 bits per heavy atom. The first-order chi connectivity index (χ1) is 13.0. The summed E-state index contributed by atoms with van der Waals surface area (Å²) in [5.41, 5.74) is 2.89. The van der Waals surface area contributed by atoms with Gasteiger partial charge in [-0.25, -0.2) is 4.39 Å². The quantitative estimate of drug-likeness (QED) is 0.833. The summed E-state index contributed by atoms with van der Waals surface area (Å²) in [7, 11) is 1.98. The van der Waals surface area contributed by atoms with Crippen LogP contribution in [0.5, 0.6) is 0 Å². The fraction of sp³-hybridized carbons (Fsp3) is 0.524. The Morgan fingerprint density at radius 1 is 1.15 bits per heavy atom. The SMILES string of the molecule is Cc1cnn(C)c1CN1CCCC2(CCCN(c3ccc(F)cc3)C2=O)C1. The number of nitrogens with zero attached hydrogens (tertiary/aromatic N) is 4. The molecule has 2 saturated heterocycles. The van der Waals surface area contributed by atoms with Crippen molar-refractivity contribution in [1.82, 2.24) is 14.7 Å². The first-order valence-electron chi connectivity index (χ1n) is 9.76. The Morgan fingerprint density at radius 2 is 1.85 bits per heavy atom. The third-order valence-corrected chi connectivity index (χ3v) is 6.17. The van der Waals surface area contributed by atoms with Crippen LogP contribution in [0, 0.1) is 18.2 Å². The molecule has 2 fully saturated rings. The summed E-state index contributed by atoms with van der Waals surface area (Å²) in [5, 5.41) is 4.34. The summed E-state index contributed by atoms with van der Waals surface area (Å²) in [6.45, 7) is 5.43. The van der Waals surface area contributed by atoms with Gasteiger partial charge in [0.05, 0.1) is 17.3 Å². The molecule has 0 saturated carbocycles. The largest absolute Gasteiger partial charge is 0.312 e. The minimum absolute atomic E-state index is 0.201. The molecule has 2 aliphatic heterocycles. The number of aryl methyl sites for hydroxylation is 2. The second-order valence-electron chi connectivity index (χ2n) is 8.03. The van der Waals surface area contributed by atoms with Crippen molar-refractivity contribution in [2.45, 2.75) is 39.2 Å². The molecule has 0 radical (unpaired) electrons. The van der Waals surface area contributed by atoms with Gasteiger partial charge in [-0.2, -0.15) is 5.10 Å². The van der Waals surface area contributed by atoms with Crippen molar-refractivity contribution in [2.24, 2.45) is 12.5 Å². The predicted octanol–water partition coefficient (Wildman–Crippen LogP) is 3.28. The average Bonchev–Trinajstić information content (AvgIpc) is 2.97. The summed E-state index contributed by atoms with van der Waals surface area (Å²) < 4.78 is 15.2. The molecule has 5 nitrogen and oxygen atoms in total. The average molecular weight is 370 g/mol. The van der Waals surface area contributed by atoms with Gasteiger partial charge in [0.25, 0.3) is 0 Å². The Labute approximate surface area is 159 Å². The van der Waals surface area contributed by atoms with E-state index in [1.165, 1.54) is 23.4 Å². The maximum atomic E-state index is 13.5. The number of halogens is 1. The number of rotatable bonds is 3. The van der Waals surface area contributed by atoms with Crippen LogP contribution >= 0.6 is 0 Å². The molecule has 27 heavy (non-hydrogen) atoms. The summed E-state index contributed by atoms with van der Waals surface area (Å²) in [6, 6.07) is 6.29. The van der Waals surface area contributed by atoms with Gasteiger partial charge >= 0.3 is 0 Å². The molecule has 0 aliphatic carbocycles. The monoisotopic (exact) mass is 370 g/mol. The number of anilines is 1. The van der Waals surface area contributed by atoms with E-state index in [1.807, 2.05) is 22.8 Å². The molecule has 3 heterocycles. The van der Waals surface area contributed by atoms with E-state index in [2.05, 4.69) is 16.9 Å². The molecule has 1 spiro atoms. The summed E-state index contributed by atoms with van der Waals surface area (Å²) in [5.74, 6) is -0.0694. The molecule has 4 rings (SSSR count). The van der Waals surface area contributed by atoms with Gasteiger partial charge in [0.1, 0.15) is 5.82 Å². The fourth-order valence-electron chi connectivity index (χ4n) is 4.69. The van der Waals surface area contributed by atoms with Crippen LogP contribution in [0.25, 0.3) is 0 Å². The number of carbonyl (C=O) groups is 1. The van der Waals surface area contributed by atoms with Crippen LogP contribution < -0.4 is 4.90 Å². The zero-order chi connectivity index (χ0) is 19.0. The van der Waals surface area contributed by atoms with Crippen LogP contribution in [0.1, 0.15) is 36.9 Å². The molecule has 0 bridgehead atoms. The second-order valence-corrected chi connectivity index (χ2v) is 8.03. The molecule has 1 unspecified atom stereocenters. The molecule has 6 heteroatoms. The van der Waals surface area contributed by atoms with E-state index in [0.717, 1.165) is 51.0 Å². The van der Waals surface area contributed by atoms with Gasteiger partial charge in [-0.15, -0.1) is 0 Å². The lowest BCUT2D eigenvalue weighted by Gasteiger charge is -2.47. The number of amides is 1. The highest BCUT2D eigenvalue weighted by Gasteiger charge is 2.46. The van der Waals surface area contributed by atoms with Gasteiger partial charge in [0.2, 0.25) is 5.91 Å². The molecular weight excluding hydrogens is 343 g/mol. The minimum atomic E-state index is -0.322. The van der Waals surface area contributed by atoms with Gasteiger partial charge in [-0.1, -0.05) is 0 Å². The third kappa shape index (κ3) is 3.38. The lowest BCUT2D eigenvalue weighted by atomic mass is 9.72. The highest BCUT2D eigenvalue weighted by Crippen LogP contribution is 2.41. The van der Waals surface area contributed by atoms with E-state index in [0.29, 0.717) is 6.54 Å². The molecule has 1 amide bonds. The van der Waals surface area contributed by atoms with Gasteiger partial charge in [-0.05, 0) is 69.0 Å². The van der Waals surface area contributed by atoms with E-state index in [9.17, 15) is 9.18 Å². The van der Waals surface area contributed by atoms with Crippen molar-refractivity contribution in [3.05, 3.63) is 47.5 Å². The number of aromatic nitrogens is 2. The second kappa shape index (κ2) is 7.08. The number of likely N-dealkylation sites (tertiary alicyclic amines) is 1. The molecule has 1 aromatic heterocycles. The number of piperidine rings is 2. The number of hydrogen-bond donors (Lipinski definition) is 0. The van der Waals surface area contributed by atoms with Gasteiger partial charge in [0.15, 0.2) is 0 Å². The third-order valence-electron chi connectivity index (χ3n) is 6.17. The Balaban J connectivity index is 1.54. The molecule has 2 aliphatic rings. The predicted molar refractivity (Wildman–Crippen MR) is 103 cm³/mol.